The topological polar surface area (TPSA) is 126 Å². The van der Waals surface area contributed by atoms with Crippen molar-refractivity contribution < 1.29 is 21.6 Å². The van der Waals surface area contributed by atoms with E-state index in [2.05, 4.69) is 22.2 Å². The van der Waals surface area contributed by atoms with Gasteiger partial charge in [0.1, 0.15) is 0 Å². The van der Waals surface area contributed by atoms with Crippen LogP contribution in [0.2, 0.25) is 5.02 Å². The van der Waals surface area contributed by atoms with Crippen molar-refractivity contribution in [2.24, 2.45) is 5.92 Å². The van der Waals surface area contributed by atoms with Crippen LogP contribution in [0.25, 0.3) is 0 Å². The normalized spacial score (nSPS) is 15.4. The van der Waals surface area contributed by atoms with Crippen LogP contribution in [0.15, 0.2) is 64.8 Å². The first-order chi connectivity index (χ1) is 17.5. The summed E-state index contributed by atoms with van der Waals surface area (Å²) in [5, 5.41) is 1.95. The SMILES string of the molecule is Cc1cccc(CS(=O)(=O)c2ncc(Cl)c(C(=O)Nc3ccc(S(=O)(=O)N4CCC(C)CC4)cc3)n2)c1. The number of nitrogens with zero attached hydrogens (tertiary/aromatic N) is 3. The molecule has 0 atom stereocenters. The van der Waals surface area contributed by atoms with Crippen molar-refractivity contribution in [3.63, 3.8) is 0 Å². The van der Waals surface area contributed by atoms with Gasteiger partial charge in [-0.25, -0.2) is 26.8 Å². The van der Waals surface area contributed by atoms with Crippen molar-refractivity contribution in [1.29, 1.82) is 0 Å². The molecule has 0 radical (unpaired) electrons. The van der Waals surface area contributed by atoms with Gasteiger partial charge >= 0.3 is 0 Å². The molecule has 4 rings (SSSR count). The highest BCUT2D eigenvalue weighted by Gasteiger charge is 2.28. The average molecular weight is 563 g/mol. The number of aryl methyl sites for hydroxylation is 1. The zero-order valence-electron chi connectivity index (χ0n) is 20.4. The summed E-state index contributed by atoms with van der Waals surface area (Å²) in [6.07, 6.45) is 2.70. The second-order valence-corrected chi connectivity index (χ2v) is 13.4. The van der Waals surface area contributed by atoms with Crippen LogP contribution in [-0.2, 0) is 25.6 Å². The van der Waals surface area contributed by atoms with E-state index in [0.29, 0.717) is 30.3 Å². The maximum absolute atomic E-state index is 12.9. The smallest absolute Gasteiger partial charge is 0.275 e. The van der Waals surface area contributed by atoms with Crippen LogP contribution in [0.4, 0.5) is 5.69 Å². The second kappa shape index (κ2) is 10.9. The molecule has 2 aromatic carbocycles. The van der Waals surface area contributed by atoms with Crippen LogP contribution in [0.3, 0.4) is 0 Å². The molecule has 1 aliphatic heterocycles. The summed E-state index contributed by atoms with van der Waals surface area (Å²) in [7, 11) is -7.57. The number of benzene rings is 2. The Labute approximate surface area is 221 Å². The zero-order valence-corrected chi connectivity index (χ0v) is 22.8. The Balaban J connectivity index is 1.50. The molecule has 37 heavy (non-hydrogen) atoms. The molecular weight excluding hydrogens is 536 g/mol. The molecule has 3 aromatic rings. The monoisotopic (exact) mass is 562 g/mol. The van der Waals surface area contributed by atoms with Crippen LogP contribution in [-0.4, -0.2) is 50.1 Å². The van der Waals surface area contributed by atoms with Gasteiger partial charge < -0.3 is 5.32 Å². The fraction of sp³-hybridized carbons (Fsp3) is 0.320. The zero-order chi connectivity index (χ0) is 26.8. The van der Waals surface area contributed by atoms with Gasteiger partial charge in [-0.1, -0.05) is 48.4 Å². The Hall–Kier alpha value is -2.86. The molecule has 1 aliphatic rings. The van der Waals surface area contributed by atoms with Crippen LogP contribution in [0.1, 0.15) is 41.4 Å². The van der Waals surface area contributed by atoms with Gasteiger partial charge in [0.2, 0.25) is 25.0 Å². The fourth-order valence-corrected chi connectivity index (χ4v) is 6.86. The quantitative estimate of drug-likeness (QED) is 0.430. The fourth-order valence-electron chi connectivity index (χ4n) is 4.02. The maximum Gasteiger partial charge on any atom is 0.275 e. The van der Waals surface area contributed by atoms with Crippen molar-refractivity contribution in [3.8, 4) is 0 Å². The van der Waals surface area contributed by atoms with Gasteiger partial charge in [-0.2, -0.15) is 4.31 Å². The highest BCUT2D eigenvalue weighted by Crippen LogP contribution is 2.25. The number of amides is 1. The third kappa shape index (κ3) is 6.35. The van der Waals surface area contributed by atoms with Crippen molar-refractivity contribution >= 4 is 43.1 Å². The van der Waals surface area contributed by atoms with Crippen LogP contribution in [0.5, 0.6) is 0 Å². The summed E-state index contributed by atoms with van der Waals surface area (Å²) in [6, 6.07) is 12.8. The molecule has 0 bridgehead atoms. The van der Waals surface area contributed by atoms with Gasteiger partial charge in [0, 0.05) is 18.8 Å². The van der Waals surface area contributed by atoms with Crippen LogP contribution < -0.4 is 5.32 Å². The second-order valence-electron chi connectivity index (χ2n) is 9.16. The predicted molar refractivity (Wildman–Crippen MR) is 141 cm³/mol. The number of rotatable bonds is 7. The molecule has 196 valence electrons. The van der Waals surface area contributed by atoms with E-state index < -0.39 is 30.9 Å². The van der Waals surface area contributed by atoms with Gasteiger partial charge in [-0.3, -0.25) is 4.79 Å². The lowest BCUT2D eigenvalue weighted by Gasteiger charge is -2.29. The Morgan fingerprint density at radius 3 is 2.41 bits per heavy atom. The first-order valence-corrected chi connectivity index (χ1v) is 15.1. The molecule has 9 nitrogen and oxygen atoms in total. The number of aromatic nitrogens is 2. The number of hydrogen-bond donors (Lipinski definition) is 1. The van der Waals surface area contributed by atoms with E-state index in [1.165, 1.54) is 28.6 Å². The number of nitrogens with one attached hydrogen (secondary N) is 1. The summed E-state index contributed by atoms with van der Waals surface area (Å²) in [5.74, 6) is -0.584. The number of sulfone groups is 1. The number of carbonyl (C=O) groups is 1. The predicted octanol–water partition coefficient (Wildman–Crippen LogP) is 4.09. The molecular formula is C25H27ClN4O5S2. The molecule has 0 saturated carbocycles. The van der Waals surface area contributed by atoms with E-state index in [4.69, 9.17) is 11.6 Å². The van der Waals surface area contributed by atoms with E-state index in [9.17, 15) is 21.6 Å². The minimum Gasteiger partial charge on any atom is -0.321 e. The summed E-state index contributed by atoms with van der Waals surface area (Å²) in [5.41, 5.74) is 1.47. The molecule has 12 heteroatoms. The first kappa shape index (κ1) is 27.2. The largest absolute Gasteiger partial charge is 0.321 e. The van der Waals surface area contributed by atoms with Crippen LogP contribution in [0, 0.1) is 12.8 Å². The van der Waals surface area contributed by atoms with E-state index in [-0.39, 0.29) is 21.4 Å². The van der Waals surface area contributed by atoms with E-state index in [1.807, 2.05) is 13.0 Å². The summed E-state index contributed by atoms with van der Waals surface area (Å²) >= 11 is 6.10. The number of anilines is 1. The van der Waals surface area contributed by atoms with Crippen LogP contribution >= 0.6 is 11.6 Å². The standard InChI is InChI=1S/C25H27ClN4O5S2/c1-17-10-12-30(13-11-17)37(34,35)21-8-6-20(7-9-21)28-24(31)23-22(26)15-27-25(29-23)36(32,33)16-19-5-3-4-18(2)14-19/h3-9,14-15,17H,10-13,16H2,1-2H3,(H,28,31). The average Bonchev–Trinajstić information content (AvgIpc) is 2.84. The summed E-state index contributed by atoms with van der Waals surface area (Å²) < 4.78 is 53.1. The third-order valence-corrected chi connectivity index (χ3v) is 9.80. The Kier molecular flexibility index (Phi) is 7.98. The van der Waals surface area contributed by atoms with Crippen molar-refractivity contribution in [2.75, 3.05) is 18.4 Å². The summed E-state index contributed by atoms with van der Waals surface area (Å²) in [6.45, 7) is 4.91. The highest BCUT2D eigenvalue weighted by molar-refractivity contribution is 7.90. The molecule has 1 fully saturated rings. The van der Waals surface area contributed by atoms with E-state index in [1.54, 1.807) is 18.2 Å². The molecule has 1 amide bonds. The first-order valence-electron chi connectivity index (χ1n) is 11.7. The van der Waals surface area contributed by atoms with E-state index in [0.717, 1.165) is 24.6 Å². The Morgan fingerprint density at radius 2 is 1.76 bits per heavy atom. The molecule has 1 N–H and O–H groups in total. The Bertz CT molecular complexity index is 1520. The highest BCUT2D eigenvalue weighted by atomic mass is 35.5. The number of carbonyl (C=O) groups excluding carboxylic acids is 1. The molecule has 1 saturated heterocycles. The number of sulfonamides is 1. The Morgan fingerprint density at radius 1 is 1.08 bits per heavy atom. The minimum absolute atomic E-state index is 0.120. The summed E-state index contributed by atoms with van der Waals surface area (Å²) in [4.78, 5) is 20.8. The van der Waals surface area contributed by atoms with Crippen molar-refractivity contribution in [3.05, 3.63) is 76.6 Å². The van der Waals surface area contributed by atoms with Crippen molar-refractivity contribution in [1.82, 2.24) is 14.3 Å². The van der Waals surface area contributed by atoms with Gasteiger partial charge in [0.15, 0.2) is 5.69 Å². The van der Waals surface area contributed by atoms with Crippen molar-refractivity contribution in [2.45, 2.75) is 42.5 Å². The number of piperidine rings is 1. The number of halogens is 1. The molecule has 0 unspecified atom stereocenters. The lowest BCUT2D eigenvalue weighted by molar-refractivity contribution is 0.102. The molecule has 2 heterocycles. The third-order valence-electron chi connectivity index (χ3n) is 6.15. The lowest BCUT2D eigenvalue weighted by atomic mass is 10.0. The van der Waals surface area contributed by atoms with Gasteiger partial charge in [-0.15, -0.1) is 0 Å². The maximum atomic E-state index is 12.9. The number of hydrogen-bond acceptors (Lipinski definition) is 7. The minimum atomic E-state index is -3.94. The van der Waals surface area contributed by atoms with E-state index >= 15 is 0 Å². The van der Waals surface area contributed by atoms with Gasteiger partial charge in [0.05, 0.1) is 21.9 Å². The van der Waals surface area contributed by atoms with Gasteiger partial charge in [0.25, 0.3) is 5.91 Å². The molecule has 0 spiro atoms. The molecule has 1 aromatic heterocycles. The lowest BCUT2D eigenvalue weighted by Crippen LogP contribution is -2.37. The molecule has 0 aliphatic carbocycles. The van der Waals surface area contributed by atoms with Gasteiger partial charge in [-0.05, 0) is 55.5 Å².